The lowest BCUT2D eigenvalue weighted by Gasteiger charge is -2.01. The summed E-state index contributed by atoms with van der Waals surface area (Å²) in [7, 11) is 0. The second-order valence-electron chi connectivity index (χ2n) is 4.42. The van der Waals surface area contributed by atoms with Gasteiger partial charge < -0.3 is 4.42 Å². The lowest BCUT2D eigenvalue weighted by molar-refractivity contribution is -0.664. The topological polar surface area (TPSA) is 77.2 Å². The van der Waals surface area contributed by atoms with Crippen molar-refractivity contribution < 1.29 is 18.2 Å². The molecule has 0 radical (unpaired) electrons. The predicted molar refractivity (Wildman–Crippen MR) is 75.7 cm³/mol. The van der Waals surface area contributed by atoms with Crippen LogP contribution in [0.1, 0.15) is 10.6 Å². The fraction of sp³-hybridized carbons (Fsp3) is 0.0714. The number of nitrogens with two attached hydrogens (primary N) is 1. The zero-order chi connectivity index (χ0) is 15.0. The minimum atomic E-state index is -0.737. The molecule has 3 rings (SSSR count). The maximum absolute atomic E-state index is 13.1. The Morgan fingerprint density at radius 3 is 2.90 bits per heavy atom. The third kappa shape index (κ3) is 2.55. The first-order valence-electron chi connectivity index (χ1n) is 6.03. The molecule has 2 heterocycles. The lowest BCUT2D eigenvalue weighted by Crippen LogP contribution is -2.38. The van der Waals surface area contributed by atoms with E-state index in [1.165, 1.54) is 29.5 Å². The quantitative estimate of drug-likeness (QED) is 0.591. The monoisotopic (exact) mass is 305 g/mol. The molecule has 106 valence electrons. The SMILES string of the molecule is Nc1scc[n+]1CC(=O)c1cc2ccc(F)cc2c(=O)o1. The van der Waals surface area contributed by atoms with Crippen LogP contribution in [0.5, 0.6) is 0 Å². The number of nitrogen functional groups attached to an aromatic ring is 1. The summed E-state index contributed by atoms with van der Waals surface area (Å²) < 4.78 is 19.6. The van der Waals surface area contributed by atoms with Gasteiger partial charge in [-0.05, 0) is 23.6 Å². The molecule has 2 N–H and O–H groups in total. The largest absolute Gasteiger partial charge is 0.419 e. The number of aromatic nitrogens is 1. The number of anilines is 1. The van der Waals surface area contributed by atoms with Crippen LogP contribution in [0.4, 0.5) is 9.52 Å². The molecule has 0 fully saturated rings. The highest BCUT2D eigenvalue weighted by molar-refractivity contribution is 7.12. The van der Waals surface area contributed by atoms with Gasteiger partial charge in [0.1, 0.15) is 12.0 Å². The average molecular weight is 305 g/mol. The van der Waals surface area contributed by atoms with E-state index in [0.717, 1.165) is 6.07 Å². The van der Waals surface area contributed by atoms with Crippen LogP contribution in [0.15, 0.2) is 45.1 Å². The van der Waals surface area contributed by atoms with Crippen LogP contribution in [0.25, 0.3) is 10.8 Å². The number of nitrogens with zero attached hydrogens (tertiary/aromatic N) is 1. The zero-order valence-corrected chi connectivity index (χ0v) is 11.5. The highest BCUT2D eigenvalue weighted by Crippen LogP contribution is 2.14. The molecule has 1 aromatic carbocycles. The maximum atomic E-state index is 13.1. The third-order valence-corrected chi connectivity index (χ3v) is 3.76. The van der Waals surface area contributed by atoms with Crippen LogP contribution < -0.4 is 15.9 Å². The highest BCUT2D eigenvalue weighted by atomic mass is 32.1. The van der Waals surface area contributed by atoms with Gasteiger partial charge in [0.25, 0.3) is 0 Å². The van der Waals surface area contributed by atoms with Crippen LogP contribution in [-0.4, -0.2) is 5.78 Å². The van der Waals surface area contributed by atoms with Crippen molar-refractivity contribution in [2.75, 3.05) is 5.73 Å². The predicted octanol–water partition coefficient (Wildman–Crippen LogP) is 1.75. The van der Waals surface area contributed by atoms with Gasteiger partial charge in [0, 0.05) is 5.38 Å². The molecule has 0 unspecified atom stereocenters. The number of rotatable bonds is 3. The second kappa shape index (κ2) is 5.10. The average Bonchev–Trinajstić information content (AvgIpc) is 2.85. The molecular formula is C14H10FN2O3S+. The molecule has 0 saturated carbocycles. The van der Waals surface area contributed by atoms with E-state index in [-0.39, 0.29) is 23.5 Å². The number of ketones is 1. The highest BCUT2D eigenvalue weighted by Gasteiger charge is 2.17. The van der Waals surface area contributed by atoms with Crippen molar-refractivity contribution in [1.82, 2.24) is 0 Å². The van der Waals surface area contributed by atoms with Gasteiger partial charge in [0.2, 0.25) is 5.78 Å². The van der Waals surface area contributed by atoms with Crippen LogP contribution in [0.3, 0.4) is 0 Å². The van der Waals surface area contributed by atoms with Crippen LogP contribution in [0.2, 0.25) is 0 Å². The summed E-state index contributed by atoms with van der Waals surface area (Å²) in [6.07, 6.45) is 1.67. The van der Waals surface area contributed by atoms with E-state index in [1.54, 1.807) is 16.1 Å². The second-order valence-corrected chi connectivity index (χ2v) is 5.35. The van der Waals surface area contributed by atoms with E-state index in [1.807, 2.05) is 0 Å². The summed E-state index contributed by atoms with van der Waals surface area (Å²) in [5, 5.41) is 2.80. The summed E-state index contributed by atoms with van der Waals surface area (Å²) in [5.74, 6) is -0.985. The maximum Gasteiger partial charge on any atom is 0.344 e. The fourth-order valence-electron chi connectivity index (χ4n) is 1.97. The summed E-state index contributed by atoms with van der Waals surface area (Å²) >= 11 is 1.30. The molecule has 7 heteroatoms. The van der Waals surface area contributed by atoms with Crippen molar-refractivity contribution in [3.8, 4) is 0 Å². The van der Waals surface area contributed by atoms with Gasteiger partial charge in [-0.15, -0.1) is 0 Å². The fourth-order valence-corrected chi connectivity index (χ4v) is 2.58. The Kier molecular flexibility index (Phi) is 3.26. The van der Waals surface area contributed by atoms with Gasteiger partial charge in [-0.25, -0.2) is 13.8 Å². The van der Waals surface area contributed by atoms with Crippen molar-refractivity contribution in [2.45, 2.75) is 6.54 Å². The number of carbonyl (C=O) groups is 1. The Hall–Kier alpha value is -2.54. The smallest absolute Gasteiger partial charge is 0.344 e. The molecule has 5 nitrogen and oxygen atoms in total. The molecule has 0 bridgehead atoms. The Morgan fingerprint density at radius 2 is 2.19 bits per heavy atom. The van der Waals surface area contributed by atoms with Crippen LogP contribution in [-0.2, 0) is 6.54 Å². The zero-order valence-electron chi connectivity index (χ0n) is 10.7. The van der Waals surface area contributed by atoms with E-state index < -0.39 is 11.4 Å². The molecule has 0 spiro atoms. The van der Waals surface area contributed by atoms with E-state index in [0.29, 0.717) is 10.5 Å². The number of thiazole rings is 1. The molecule has 0 saturated heterocycles. The Balaban J connectivity index is 2.01. The van der Waals surface area contributed by atoms with E-state index in [4.69, 9.17) is 10.2 Å². The summed E-state index contributed by atoms with van der Waals surface area (Å²) in [6.45, 7) is -0.0228. The normalized spacial score (nSPS) is 10.9. The van der Waals surface area contributed by atoms with Crippen molar-refractivity contribution in [1.29, 1.82) is 0 Å². The standard InChI is InChI=1S/C14H9FN2O3S/c15-9-2-1-8-5-12(20-13(19)10(8)6-9)11(18)7-17-3-4-21-14(17)16/h1-6,16H,7H2/p+1. The molecule has 2 aromatic heterocycles. The van der Waals surface area contributed by atoms with E-state index >= 15 is 0 Å². The Labute approximate surface area is 122 Å². The molecule has 0 aliphatic heterocycles. The van der Waals surface area contributed by atoms with Gasteiger partial charge in [-0.3, -0.25) is 10.5 Å². The number of hydrogen-bond acceptors (Lipinski definition) is 5. The lowest BCUT2D eigenvalue weighted by atomic mass is 10.1. The number of fused-ring (bicyclic) bond motifs is 1. The van der Waals surface area contributed by atoms with Crippen molar-refractivity contribution in [3.63, 3.8) is 0 Å². The molecule has 3 aromatic rings. The summed E-state index contributed by atoms with van der Waals surface area (Å²) in [6, 6.07) is 5.18. The number of carbonyl (C=O) groups excluding carboxylic acids is 1. The molecular weight excluding hydrogens is 295 g/mol. The number of hydrogen-bond donors (Lipinski definition) is 1. The first-order valence-corrected chi connectivity index (χ1v) is 6.91. The number of halogens is 1. The van der Waals surface area contributed by atoms with Gasteiger partial charge in [0.05, 0.1) is 5.39 Å². The molecule has 0 aliphatic rings. The first kappa shape index (κ1) is 13.4. The van der Waals surface area contributed by atoms with E-state index in [2.05, 4.69) is 0 Å². The minimum Gasteiger partial charge on any atom is -0.419 e. The minimum absolute atomic E-state index is 0.0228. The molecule has 21 heavy (non-hydrogen) atoms. The van der Waals surface area contributed by atoms with Crippen molar-refractivity contribution in [3.05, 3.63) is 57.8 Å². The van der Waals surface area contributed by atoms with Crippen molar-refractivity contribution >= 4 is 33.0 Å². The van der Waals surface area contributed by atoms with Gasteiger partial charge in [0.15, 0.2) is 12.3 Å². The van der Waals surface area contributed by atoms with Crippen molar-refractivity contribution in [2.24, 2.45) is 0 Å². The Bertz CT molecular complexity index is 901. The molecule has 0 aliphatic carbocycles. The van der Waals surface area contributed by atoms with Gasteiger partial charge in [-0.1, -0.05) is 17.4 Å². The summed E-state index contributed by atoms with van der Waals surface area (Å²) in [4.78, 5) is 24.0. The number of Topliss-reactive ketones (excluding diaryl/α,β-unsaturated/α-hetero) is 1. The summed E-state index contributed by atoms with van der Waals surface area (Å²) in [5.41, 5.74) is 4.96. The van der Waals surface area contributed by atoms with Crippen LogP contribution >= 0.6 is 11.3 Å². The Morgan fingerprint density at radius 1 is 1.38 bits per heavy atom. The molecule has 0 atom stereocenters. The number of benzene rings is 1. The van der Waals surface area contributed by atoms with Gasteiger partial charge in [-0.2, -0.15) is 0 Å². The van der Waals surface area contributed by atoms with Crippen LogP contribution in [0, 0.1) is 5.82 Å². The third-order valence-electron chi connectivity index (χ3n) is 3.03. The van der Waals surface area contributed by atoms with Gasteiger partial charge >= 0.3 is 10.8 Å². The first-order chi connectivity index (χ1) is 10.0. The van der Waals surface area contributed by atoms with E-state index in [9.17, 15) is 14.0 Å². The molecule has 0 amide bonds.